The van der Waals surface area contributed by atoms with Crippen LogP contribution in [0.15, 0.2) is 48.5 Å². The first kappa shape index (κ1) is 17.7. The molecule has 2 fully saturated rings. The van der Waals surface area contributed by atoms with Crippen molar-refractivity contribution in [1.82, 2.24) is 5.32 Å². The molecule has 5 aliphatic rings. The monoisotopic (exact) mass is 385 g/mol. The molecule has 4 bridgehead atoms. The van der Waals surface area contributed by atoms with Gasteiger partial charge in [0.25, 0.3) is 0 Å². The van der Waals surface area contributed by atoms with E-state index in [-0.39, 0.29) is 17.3 Å². The maximum atomic E-state index is 13.7. The molecule has 150 valence electrons. The van der Waals surface area contributed by atoms with Gasteiger partial charge in [-0.3, -0.25) is 4.79 Å². The molecule has 7 rings (SSSR count). The fourth-order valence-electron chi connectivity index (χ4n) is 7.59. The van der Waals surface area contributed by atoms with E-state index in [2.05, 4.69) is 74.6 Å². The number of benzene rings is 2. The van der Waals surface area contributed by atoms with Crippen molar-refractivity contribution in [1.29, 1.82) is 0 Å². The Morgan fingerprint density at radius 1 is 0.897 bits per heavy atom. The van der Waals surface area contributed by atoms with Gasteiger partial charge in [0, 0.05) is 23.8 Å². The second-order valence-electron chi connectivity index (χ2n) is 10.8. The van der Waals surface area contributed by atoms with E-state index in [1.165, 1.54) is 35.1 Å². The lowest BCUT2D eigenvalue weighted by molar-refractivity contribution is -0.128. The van der Waals surface area contributed by atoms with Gasteiger partial charge in [-0.05, 0) is 64.7 Å². The molecule has 1 N–H and O–H groups in total. The predicted octanol–water partition coefficient (Wildman–Crippen LogP) is 5.61. The number of rotatable bonds is 2. The van der Waals surface area contributed by atoms with Gasteiger partial charge >= 0.3 is 0 Å². The summed E-state index contributed by atoms with van der Waals surface area (Å²) in [7, 11) is 0. The van der Waals surface area contributed by atoms with Crippen LogP contribution in [0, 0.1) is 22.7 Å². The molecule has 1 amide bonds. The maximum absolute atomic E-state index is 13.7. The molecular weight excluding hydrogens is 354 g/mol. The summed E-state index contributed by atoms with van der Waals surface area (Å²) in [4.78, 5) is 13.7. The van der Waals surface area contributed by atoms with Crippen LogP contribution in [0.5, 0.6) is 0 Å². The minimum absolute atomic E-state index is 0.0515. The van der Waals surface area contributed by atoms with E-state index in [1.54, 1.807) is 0 Å². The molecule has 2 aromatic rings. The van der Waals surface area contributed by atoms with E-state index in [9.17, 15) is 4.79 Å². The molecule has 5 aliphatic carbocycles. The molecule has 2 heteroatoms. The molecule has 2 aromatic carbocycles. The quantitative estimate of drug-likeness (QED) is 0.715. The first-order valence-corrected chi connectivity index (χ1v) is 11.4. The smallest absolute Gasteiger partial charge is 0.224 e. The van der Waals surface area contributed by atoms with Crippen molar-refractivity contribution in [3.05, 3.63) is 70.8 Å². The van der Waals surface area contributed by atoms with Crippen molar-refractivity contribution < 1.29 is 4.79 Å². The number of amides is 1. The Kier molecular flexibility index (Phi) is 3.51. The lowest BCUT2D eigenvalue weighted by Gasteiger charge is -2.46. The van der Waals surface area contributed by atoms with Crippen molar-refractivity contribution in [2.75, 3.05) is 0 Å². The van der Waals surface area contributed by atoms with Gasteiger partial charge in [-0.1, -0.05) is 69.3 Å². The van der Waals surface area contributed by atoms with E-state index in [0.29, 0.717) is 23.3 Å². The molecule has 0 saturated heterocycles. The SMILES string of the molecule is CC1(C)[C@H]2CC[C@@]1(C)[C@@H](NC(=O)[C@H]1CC3c4ccccc4C1c1ccccc13)C2. The van der Waals surface area contributed by atoms with Gasteiger partial charge < -0.3 is 5.32 Å². The Bertz CT molecular complexity index is 960. The Labute approximate surface area is 174 Å². The Morgan fingerprint density at radius 2 is 1.48 bits per heavy atom. The number of nitrogens with one attached hydrogen (secondary N) is 1. The highest BCUT2D eigenvalue weighted by atomic mass is 16.2. The fourth-order valence-corrected chi connectivity index (χ4v) is 7.59. The summed E-state index contributed by atoms with van der Waals surface area (Å²) in [5.74, 6) is 1.65. The molecule has 4 atom stereocenters. The Morgan fingerprint density at radius 3 is 2.00 bits per heavy atom. The second kappa shape index (κ2) is 5.74. The normalized spacial score (nSPS) is 37.8. The lowest BCUT2D eigenvalue weighted by Crippen LogP contribution is -2.50. The molecular formula is C27H31NO. The molecule has 0 aliphatic heterocycles. The highest BCUT2D eigenvalue weighted by Gasteiger charge is 2.62. The van der Waals surface area contributed by atoms with Crippen LogP contribution in [0.2, 0.25) is 0 Å². The highest BCUT2D eigenvalue weighted by Crippen LogP contribution is 2.65. The minimum Gasteiger partial charge on any atom is -0.353 e. The first-order chi connectivity index (χ1) is 13.9. The predicted molar refractivity (Wildman–Crippen MR) is 116 cm³/mol. The highest BCUT2D eigenvalue weighted by molar-refractivity contribution is 5.83. The number of fused-ring (bicyclic) bond motifs is 3. The van der Waals surface area contributed by atoms with Crippen LogP contribution in [-0.4, -0.2) is 11.9 Å². The first-order valence-electron chi connectivity index (χ1n) is 11.4. The summed E-state index contributed by atoms with van der Waals surface area (Å²) in [6.07, 6.45) is 4.67. The van der Waals surface area contributed by atoms with Crippen molar-refractivity contribution in [3.8, 4) is 0 Å². The standard InChI is InChI=1S/C27H31NO/c1-26(2)16-12-13-27(26,3)23(14-16)28-25(29)22-15-21-17-8-4-6-10-19(17)24(22)20-11-7-5-9-18(20)21/h4-11,16,21-24H,12-15H2,1-3H3,(H,28,29)/t16-,21?,22-,23-,24?,27-/m0/s1. The average Bonchev–Trinajstić information content (AvgIpc) is 3.07. The molecule has 0 heterocycles. The van der Waals surface area contributed by atoms with Crippen molar-refractivity contribution in [2.24, 2.45) is 22.7 Å². The zero-order valence-corrected chi connectivity index (χ0v) is 17.7. The Balaban J connectivity index is 1.34. The average molecular weight is 386 g/mol. The van der Waals surface area contributed by atoms with Gasteiger partial charge in [0.05, 0.1) is 0 Å². The van der Waals surface area contributed by atoms with Gasteiger partial charge in [0.1, 0.15) is 0 Å². The van der Waals surface area contributed by atoms with Crippen LogP contribution in [-0.2, 0) is 4.79 Å². The number of carbonyl (C=O) groups is 1. The van der Waals surface area contributed by atoms with Crippen molar-refractivity contribution in [2.45, 2.75) is 64.3 Å². The van der Waals surface area contributed by atoms with Crippen LogP contribution in [0.4, 0.5) is 0 Å². The third-order valence-corrected chi connectivity index (χ3v) is 9.75. The fraction of sp³-hybridized carbons (Fsp3) is 0.519. The van der Waals surface area contributed by atoms with Crippen molar-refractivity contribution in [3.63, 3.8) is 0 Å². The van der Waals surface area contributed by atoms with Gasteiger partial charge in [-0.2, -0.15) is 0 Å². The third-order valence-electron chi connectivity index (χ3n) is 9.75. The van der Waals surface area contributed by atoms with Crippen LogP contribution >= 0.6 is 0 Å². The van der Waals surface area contributed by atoms with Gasteiger partial charge in [0.2, 0.25) is 5.91 Å². The van der Waals surface area contributed by atoms with E-state index in [1.807, 2.05) is 0 Å². The summed E-state index contributed by atoms with van der Waals surface area (Å²) in [5, 5.41) is 3.58. The summed E-state index contributed by atoms with van der Waals surface area (Å²) in [5.41, 5.74) is 6.19. The van der Waals surface area contributed by atoms with Crippen LogP contribution < -0.4 is 5.32 Å². The zero-order chi connectivity index (χ0) is 20.0. The van der Waals surface area contributed by atoms with E-state index < -0.39 is 0 Å². The zero-order valence-electron chi connectivity index (χ0n) is 17.7. The Hall–Kier alpha value is -2.09. The topological polar surface area (TPSA) is 29.1 Å². The number of hydrogen-bond acceptors (Lipinski definition) is 1. The summed E-state index contributed by atoms with van der Waals surface area (Å²) in [6, 6.07) is 18.0. The molecule has 0 radical (unpaired) electrons. The van der Waals surface area contributed by atoms with E-state index >= 15 is 0 Å². The summed E-state index contributed by atoms with van der Waals surface area (Å²) < 4.78 is 0. The molecule has 0 spiro atoms. The summed E-state index contributed by atoms with van der Waals surface area (Å²) in [6.45, 7) is 7.26. The van der Waals surface area contributed by atoms with Gasteiger partial charge in [-0.25, -0.2) is 0 Å². The minimum atomic E-state index is 0.0515. The maximum Gasteiger partial charge on any atom is 0.224 e. The molecule has 0 unspecified atom stereocenters. The largest absolute Gasteiger partial charge is 0.353 e. The van der Waals surface area contributed by atoms with Gasteiger partial charge in [0.15, 0.2) is 0 Å². The van der Waals surface area contributed by atoms with Gasteiger partial charge in [-0.15, -0.1) is 0 Å². The second-order valence-corrected chi connectivity index (χ2v) is 10.8. The molecule has 29 heavy (non-hydrogen) atoms. The number of carbonyl (C=O) groups excluding carboxylic acids is 1. The summed E-state index contributed by atoms with van der Waals surface area (Å²) >= 11 is 0. The van der Waals surface area contributed by atoms with E-state index in [4.69, 9.17) is 0 Å². The van der Waals surface area contributed by atoms with Crippen LogP contribution in [0.1, 0.15) is 80.5 Å². The molecule has 2 nitrogen and oxygen atoms in total. The lowest BCUT2D eigenvalue weighted by atomic mass is 9.59. The molecule has 0 aromatic heterocycles. The van der Waals surface area contributed by atoms with Crippen molar-refractivity contribution >= 4 is 5.91 Å². The van der Waals surface area contributed by atoms with E-state index in [0.717, 1.165) is 18.8 Å². The molecule has 2 saturated carbocycles. The number of hydrogen-bond donors (Lipinski definition) is 1. The van der Waals surface area contributed by atoms with Crippen LogP contribution in [0.3, 0.4) is 0 Å². The van der Waals surface area contributed by atoms with Crippen LogP contribution in [0.25, 0.3) is 0 Å². The third kappa shape index (κ3) is 2.15.